The van der Waals surface area contributed by atoms with Gasteiger partial charge in [-0.05, 0) is 44.2 Å². The van der Waals surface area contributed by atoms with Crippen LogP contribution in [0.25, 0.3) is 0 Å². The van der Waals surface area contributed by atoms with Gasteiger partial charge in [-0.2, -0.15) is 0 Å². The fourth-order valence-electron chi connectivity index (χ4n) is 2.42. The molecule has 0 spiro atoms. The van der Waals surface area contributed by atoms with Gasteiger partial charge in [0, 0.05) is 13.6 Å². The second kappa shape index (κ2) is 9.88. The molecule has 0 aliphatic rings. The zero-order valence-corrected chi connectivity index (χ0v) is 17.6. The smallest absolute Gasteiger partial charge is 0.338 e. The molecule has 0 bridgehead atoms. The minimum absolute atomic E-state index is 0.0461. The summed E-state index contributed by atoms with van der Waals surface area (Å²) < 4.78 is 31.9. The van der Waals surface area contributed by atoms with Gasteiger partial charge >= 0.3 is 12.0 Å². The van der Waals surface area contributed by atoms with Crippen LogP contribution in [0.4, 0.5) is 10.5 Å². The van der Waals surface area contributed by atoms with Crippen molar-refractivity contribution in [2.75, 3.05) is 17.9 Å². The van der Waals surface area contributed by atoms with Gasteiger partial charge in [-0.3, -0.25) is 14.4 Å². The molecule has 2 aromatic carbocycles. The minimum atomic E-state index is -3.92. The number of anilines is 1. The van der Waals surface area contributed by atoms with E-state index in [0.717, 1.165) is 4.31 Å². The predicted molar refractivity (Wildman–Crippen MR) is 111 cm³/mol. The Kier molecular flexibility index (Phi) is 7.54. The van der Waals surface area contributed by atoms with E-state index in [4.69, 9.17) is 4.74 Å². The molecule has 2 N–H and O–H groups in total. The molecule has 0 saturated heterocycles. The van der Waals surface area contributed by atoms with Crippen LogP contribution < -0.4 is 14.9 Å². The summed E-state index contributed by atoms with van der Waals surface area (Å²) in [6.07, 6.45) is -1.26. The van der Waals surface area contributed by atoms with Crippen LogP contribution >= 0.6 is 0 Å². The summed E-state index contributed by atoms with van der Waals surface area (Å²) in [5, 5.41) is 4.42. The molecule has 10 heteroatoms. The van der Waals surface area contributed by atoms with E-state index >= 15 is 0 Å². The van der Waals surface area contributed by atoms with Gasteiger partial charge in [0.15, 0.2) is 6.10 Å². The molecule has 160 valence electrons. The highest BCUT2D eigenvalue weighted by atomic mass is 32.2. The van der Waals surface area contributed by atoms with E-state index in [1.807, 2.05) is 5.32 Å². The standard InChI is InChI=1S/C20H23N3O6S/c1-4-21-20(26)22-18(24)14(2)29-19(25)15-9-8-12-17(13-15)30(27,28)23(3)16-10-6-5-7-11-16/h5-14H,4H2,1-3H3,(H2,21,22,24,26)/t14-/m0/s1. The lowest BCUT2D eigenvalue weighted by Gasteiger charge is -2.20. The summed E-state index contributed by atoms with van der Waals surface area (Å²) in [5.41, 5.74) is 0.413. The highest BCUT2D eigenvalue weighted by Crippen LogP contribution is 2.22. The maximum atomic E-state index is 12.9. The molecule has 0 unspecified atom stereocenters. The van der Waals surface area contributed by atoms with Gasteiger partial charge in [0.05, 0.1) is 16.1 Å². The molecule has 0 fully saturated rings. The van der Waals surface area contributed by atoms with Gasteiger partial charge in [0.2, 0.25) is 0 Å². The van der Waals surface area contributed by atoms with Crippen molar-refractivity contribution < 1.29 is 27.5 Å². The Labute approximate surface area is 175 Å². The van der Waals surface area contributed by atoms with E-state index in [0.29, 0.717) is 12.2 Å². The quantitative estimate of drug-likeness (QED) is 0.643. The van der Waals surface area contributed by atoms with Gasteiger partial charge in [0.25, 0.3) is 15.9 Å². The Hall–Kier alpha value is -3.40. The van der Waals surface area contributed by atoms with Gasteiger partial charge in [-0.15, -0.1) is 0 Å². The zero-order chi connectivity index (χ0) is 22.3. The second-order valence-electron chi connectivity index (χ2n) is 6.23. The minimum Gasteiger partial charge on any atom is -0.449 e. The van der Waals surface area contributed by atoms with Crippen molar-refractivity contribution in [1.29, 1.82) is 0 Å². The van der Waals surface area contributed by atoms with Crippen LogP contribution in [-0.2, 0) is 19.6 Å². The maximum absolute atomic E-state index is 12.9. The Bertz CT molecular complexity index is 1020. The van der Waals surface area contributed by atoms with E-state index < -0.39 is 34.0 Å². The van der Waals surface area contributed by atoms with Crippen molar-refractivity contribution in [2.45, 2.75) is 24.8 Å². The molecule has 9 nitrogen and oxygen atoms in total. The van der Waals surface area contributed by atoms with Crippen LogP contribution in [0.15, 0.2) is 59.5 Å². The largest absolute Gasteiger partial charge is 0.449 e. The molecule has 1 atom stereocenters. The third-order valence-electron chi connectivity index (χ3n) is 4.08. The fourth-order valence-corrected chi connectivity index (χ4v) is 3.66. The highest BCUT2D eigenvalue weighted by Gasteiger charge is 2.24. The molecule has 0 aliphatic heterocycles. The number of nitrogens with zero attached hydrogens (tertiary/aromatic N) is 1. The summed E-state index contributed by atoms with van der Waals surface area (Å²) in [6, 6.07) is 13.1. The molecule has 2 aromatic rings. The lowest BCUT2D eigenvalue weighted by atomic mass is 10.2. The zero-order valence-electron chi connectivity index (χ0n) is 16.8. The number of esters is 1. The number of para-hydroxylation sites is 1. The van der Waals surface area contributed by atoms with E-state index in [1.54, 1.807) is 37.3 Å². The monoisotopic (exact) mass is 433 g/mol. The van der Waals surface area contributed by atoms with Crippen LogP contribution in [-0.4, -0.2) is 46.0 Å². The van der Waals surface area contributed by atoms with Crippen LogP contribution in [0.5, 0.6) is 0 Å². The predicted octanol–water partition coefficient (Wildman–Crippen LogP) is 1.90. The number of urea groups is 1. The Morgan fingerprint density at radius 3 is 2.37 bits per heavy atom. The number of hydrogen-bond acceptors (Lipinski definition) is 6. The van der Waals surface area contributed by atoms with E-state index in [2.05, 4.69) is 5.32 Å². The second-order valence-corrected chi connectivity index (χ2v) is 8.20. The van der Waals surface area contributed by atoms with Crippen molar-refractivity contribution in [3.8, 4) is 0 Å². The molecular formula is C20H23N3O6S. The summed E-state index contributed by atoms with van der Waals surface area (Å²) in [5.74, 6) is -1.70. The number of sulfonamides is 1. The topological polar surface area (TPSA) is 122 Å². The van der Waals surface area contributed by atoms with Gasteiger partial charge in [-0.1, -0.05) is 24.3 Å². The molecule has 0 aliphatic carbocycles. The number of amides is 3. The molecule has 2 rings (SSSR count). The van der Waals surface area contributed by atoms with Gasteiger partial charge < -0.3 is 10.1 Å². The first-order chi connectivity index (χ1) is 14.2. The Balaban J connectivity index is 2.15. The number of rotatable bonds is 7. The van der Waals surface area contributed by atoms with Crippen LogP contribution in [0.2, 0.25) is 0 Å². The van der Waals surface area contributed by atoms with E-state index in [9.17, 15) is 22.8 Å². The molecule has 3 amide bonds. The Morgan fingerprint density at radius 1 is 1.07 bits per heavy atom. The third kappa shape index (κ3) is 5.57. The average Bonchev–Trinajstić information content (AvgIpc) is 2.73. The first kappa shape index (κ1) is 22.9. The summed E-state index contributed by atoms with van der Waals surface area (Å²) >= 11 is 0. The van der Waals surface area contributed by atoms with Crippen molar-refractivity contribution in [3.05, 3.63) is 60.2 Å². The molecule has 30 heavy (non-hydrogen) atoms. The van der Waals surface area contributed by atoms with E-state index in [-0.39, 0.29) is 10.5 Å². The summed E-state index contributed by atoms with van der Waals surface area (Å²) in [6.45, 7) is 3.31. The fraction of sp³-hybridized carbons (Fsp3) is 0.250. The first-order valence-electron chi connectivity index (χ1n) is 9.10. The van der Waals surface area contributed by atoms with E-state index in [1.165, 1.54) is 38.2 Å². The third-order valence-corrected chi connectivity index (χ3v) is 5.86. The number of nitrogens with one attached hydrogen (secondary N) is 2. The SMILES string of the molecule is CCNC(=O)NC(=O)[C@H](C)OC(=O)c1cccc(S(=O)(=O)N(C)c2ccccc2)c1. The molecule has 0 radical (unpaired) electrons. The van der Waals surface area contributed by atoms with Crippen molar-refractivity contribution in [2.24, 2.45) is 0 Å². The lowest BCUT2D eigenvalue weighted by molar-refractivity contribution is -0.127. The Morgan fingerprint density at radius 2 is 1.73 bits per heavy atom. The number of ether oxygens (including phenoxy) is 1. The van der Waals surface area contributed by atoms with Gasteiger partial charge in [-0.25, -0.2) is 18.0 Å². The first-order valence-corrected chi connectivity index (χ1v) is 10.5. The van der Waals surface area contributed by atoms with Crippen molar-refractivity contribution in [1.82, 2.24) is 10.6 Å². The molecule has 0 heterocycles. The highest BCUT2D eigenvalue weighted by molar-refractivity contribution is 7.92. The number of carbonyl (C=O) groups is 3. The number of carbonyl (C=O) groups excluding carboxylic acids is 3. The molecule has 0 aromatic heterocycles. The number of hydrogen-bond donors (Lipinski definition) is 2. The summed E-state index contributed by atoms with van der Waals surface area (Å²) in [4.78, 5) is 35.6. The maximum Gasteiger partial charge on any atom is 0.338 e. The van der Waals surface area contributed by atoms with Crippen LogP contribution in [0.1, 0.15) is 24.2 Å². The van der Waals surface area contributed by atoms with Crippen molar-refractivity contribution >= 4 is 33.6 Å². The van der Waals surface area contributed by atoms with Crippen molar-refractivity contribution in [3.63, 3.8) is 0 Å². The number of benzene rings is 2. The molecular weight excluding hydrogens is 410 g/mol. The lowest BCUT2D eigenvalue weighted by Crippen LogP contribution is -2.44. The van der Waals surface area contributed by atoms with Crippen LogP contribution in [0, 0.1) is 0 Å². The normalized spacial score (nSPS) is 11.8. The van der Waals surface area contributed by atoms with Crippen LogP contribution in [0.3, 0.4) is 0 Å². The van der Waals surface area contributed by atoms with Gasteiger partial charge in [0.1, 0.15) is 0 Å². The average molecular weight is 433 g/mol. The number of imide groups is 1. The summed E-state index contributed by atoms with van der Waals surface area (Å²) in [7, 11) is -2.52. The molecule has 0 saturated carbocycles.